The first-order valence-corrected chi connectivity index (χ1v) is 8.07. The van der Waals surface area contributed by atoms with Gasteiger partial charge in [-0.1, -0.05) is 12.1 Å². The van der Waals surface area contributed by atoms with E-state index >= 15 is 0 Å². The van der Waals surface area contributed by atoms with E-state index in [-0.39, 0.29) is 18.2 Å². The van der Waals surface area contributed by atoms with Crippen molar-refractivity contribution in [1.29, 1.82) is 0 Å². The third kappa shape index (κ3) is 5.11. The van der Waals surface area contributed by atoms with Gasteiger partial charge in [-0.3, -0.25) is 4.90 Å². The Morgan fingerprint density at radius 1 is 1.48 bits per heavy atom. The van der Waals surface area contributed by atoms with Crippen molar-refractivity contribution in [2.24, 2.45) is 5.73 Å². The molecule has 1 fully saturated rings. The molecule has 0 unspecified atom stereocenters. The molecule has 1 aromatic carbocycles. The van der Waals surface area contributed by atoms with Gasteiger partial charge in [0.05, 0.1) is 0 Å². The van der Waals surface area contributed by atoms with Gasteiger partial charge in [-0.2, -0.15) is 0 Å². The minimum Gasteiger partial charge on any atom is -0.444 e. The number of carbonyl (C=O) groups excluding carboxylic acids is 1. The summed E-state index contributed by atoms with van der Waals surface area (Å²) >= 11 is 0. The van der Waals surface area contributed by atoms with E-state index < -0.39 is 5.60 Å². The molecule has 0 radical (unpaired) electrons. The molecule has 128 valence electrons. The van der Waals surface area contributed by atoms with Gasteiger partial charge in [0.15, 0.2) is 0 Å². The minimum atomic E-state index is -0.482. The zero-order valence-corrected chi connectivity index (χ0v) is 14.2. The molecular formula is C17H28N4O2. The van der Waals surface area contributed by atoms with Crippen LogP contribution in [0.15, 0.2) is 24.3 Å². The van der Waals surface area contributed by atoms with E-state index in [9.17, 15) is 4.79 Å². The first-order valence-electron chi connectivity index (χ1n) is 8.07. The number of amides is 1. The van der Waals surface area contributed by atoms with Crippen molar-refractivity contribution in [2.75, 3.05) is 25.4 Å². The van der Waals surface area contributed by atoms with Crippen molar-refractivity contribution in [3.05, 3.63) is 29.8 Å². The number of likely N-dealkylation sites (tertiary alicyclic amines) is 1. The summed E-state index contributed by atoms with van der Waals surface area (Å²) in [7, 11) is 0. The molecule has 0 spiro atoms. The highest BCUT2D eigenvalue weighted by atomic mass is 16.6. The lowest BCUT2D eigenvalue weighted by Crippen LogP contribution is -2.41. The summed E-state index contributed by atoms with van der Waals surface area (Å²) < 4.78 is 5.31. The van der Waals surface area contributed by atoms with Crippen molar-refractivity contribution in [3.63, 3.8) is 0 Å². The maximum Gasteiger partial charge on any atom is 0.407 e. The molecule has 1 aromatic rings. The molecule has 5 N–H and O–H groups in total. The predicted octanol–water partition coefficient (Wildman–Crippen LogP) is 1.87. The van der Waals surface area contributed by atoms with Crippen molar-refractivity contribution >= 4 is 11.8 Å². The Hall–Kier alpha value is -1.79. The largest absolute Gasteiger partial charge is 0.444 e. The molecule has 6 heteroatoms. The molecule has 1 aliphatic rings. The summed E-state index contributed by atoms with van der Waals surface area (Å²) in [6.07, 6.45) is 0.524. The molecule has 1 saturated heterocycles. The number of anilines is 1. The van der Waals surface area contributed by atoms with Gasteiger partial charge in [0.2, 0.25) is 0 Å². The van der Waals surface area contributed by atoms with Crippen LogP contribution in [0.5, 0.6) is 0 Å². The van der Waals surface area contributed by atoms with Gasteiger partial charge in [0.25, 0.3) is 0 Å². The van der Waals surface area contributed by atoms with E-state index in [1.807, 2.05) is 45.0 Å². The third-order valence-electron chi connectivity index (χ3n) is 3.90. The molecule has 0 bridgehead atoms. The summed E-state index contributed by atoms with van der Waals surface area (Å²) in [6, 6.07) is 8.02. The fourth-order valence-electron chi connectivity index (χ4n) is 2.92. The highest BCUT2D eigenvalue weighted by Gasteiger charge is 2.30. The number of rotatable bonds is 4. The predicted molar refractivity (Wildman–Crippen MR) is 92.0 cm³/mol. The lowest BCUT2D eigenvalue weighted by Gasteiger charge is -2.27. The first-order chi connectivity index (χ1) is 10.8. The summed E-state index contributed by atoms with van der Waals surface area (Å²) in [5, 5.41) is 2.94. The monoisotopic (exact) mass is 320 g/mol. The Morgan fingerprint density at radius 2 is 2.22 bits per heavy atom. The lowest BCUT2D eigenvalue weighted by molar-refractivity contribution is 0.0504. The fraction of sp³-hybridized carbons (Fsp3) is 0.588. The van der Waals surface area contributed by atoms with Gasteiger partial charge in [0.1, 0.15) is 5.60 Å². The summed E-state index contributed by atoms with van der Waals surface area (Å²) in [6.45, 7) is 7.74. The molecule has 6 nitrogen and oxygen atoms in total. The normalized spacial score (nSPS) is 20.3. The molecule has 2 atom stereocenters. The molecule has 1 amide bonds. The minimum absolute atomic E-state index is 0.0833. The maximum absolute atomic E-state index is 11.9. The molecule has 2 rings (SSSR count). The zero-order chi connectivity index (χ0) is 17.0. The number of nitrogen functional groups attached to an aromatic ring is 1. The number of nitrogens with one attached hydrogen (secondary N) is 1. The molecule has 0 aromatic heterocycles. The molecular weight excluding hydrogens is 292 g/mol. The third-order valence-corrected chi connectivity index (χ3v) is 3.90. The average Bonchev–Trinajstić information content (AvgIpc) is 2.85. The molecule has 23 heavy (non-hydrogen) atoms. The van der Waals surface area contributed by atoms with Gasteiger partial charge >= 0.3 is 6.09 Å². The SMILES string of the molecule is CC(C)(C)OC(=O)N[C@H]1CCN([C@H](CN)c2cccc(N)c2)C1. The summed E-state index contributed by atoms with van der Waals surface area (Å²) in [5.74, 6) is 0. The van der Waals surface area contributed by atoms with Crippen LogP contribution >= 0.6 is 0 Å². The number of alkyl carbamates (subject to hydrolysis) is 1. The van der Waals surface area contributed by atoms with Crippen LogP contribution in [-0.2, 0) is 4.74 Å². The second-order valence-electron chi connectivity index (χ2n) is 7.05. The van der Waals surface area contributed by atoms with Gasteiger partial charge in [-0.05, 0) is 44.9 Å². The maximum atomic E-state index is 11.9. The number of hydrogen-bond acceptors (Lipinski definition) is 5. The second-order valence-corrected chi connectivity index (χ2v) is 7.05. The Bertz CT molecular complexity index is 542. The zero-order valence-electron chi connectivity index (χ0n) is 14.2. The second kappa shape index (κ2) is 7.19. The van der Waals surface area contributed by atoms with Crippen LogP contribution in [0, 0.1) is 0 Å². The van der Waals surface area contributed by atoms with Gasteiger partial charge in [-0.15, -0.1) is 0 Å². The number of ether oxygens (including phenoxy) is 1. The van der Waals surface area contributed by atoms with E-state index in [1.54, 1.807) is 0 Å². The Morgan fingerprint density at radius 3 is 2.83 bits per heavy atom. The van der Waals surface area contributed by atoms with Crippen molar-refractivity contribution in [3.8, 4) is 0 Å². The number of carbonyl (C=O) groups is 1. The molecule has 0 saturated carbocycles. The van der Waals surface area contributed by atoms with Crippen LogP contribution in [-0.4, -0.2) is 42.3 Å². The average molecular weight is 320 g/mol. The van der Waals surface area contributed by atoms with Crippen molar-refractivity contribution in [1.82, 2.24) is 10.2 Å². The lowest BCUT2D eigenvalue weighted by atomic mass is 10.1. The number of benzene rings is 1. The van der Waals surface area contributed by atoms with E-state index in [0.29, 0.717) is 6.54 Å². The van der Waals surface area contributed by atoms with Crippen molar-refractivity contribution in [2.45, 2.75) is 44.9 Å². The fourth-order valence-corrected chi connectivity index (χ4v) is 2.92. The molecule has 1 aliphatic heterocycles. The van der Waals surface area contributed by atoms with Crippen molar-refractivity contribution < 1.29 is 9.53 Å². The van der Waals surface area contributed by atoms with E-state index in [0.717, 1.165) is 30.8 Å². The molecule has 0 aliphatic carbocycles. The number of nitrogens with zero attached hydrogens (tertiary/aromatic N) is 1. The molecule has 1 heterocycles. The Labute approximate surface area is 138 Å². The summed E-state index contributed by atoms with van der Waals surface area (Å²) in [4.78, 5) is 14.2. The first kappa shape index (κ1) is 17.6. The van der Waals surface area contributed by atoms with Crippen LogP contribution in [0.1, 0.15) is 38.8 Å². The highest BCUT2D eigenvalue weighted by molar-refractivity contribution is 5.68. The van der Waals surface area contributed by atoms with Gasteiger partial charge in [0, 0.05) is 37.4 Å². The van der Waals surface area contributed by atoms with Crippen LogP contribution in [0.25, 0.3) is 0 Å². The number of hydrogen-bond donors (Lipinski definition) is 3. The van der Waals surface area contributed by atoms with Crippen LogP contribution < -0.4 is 16.8 Å². The van der Waals surface area contributed by atoms with E-state index in [4.69, 9.17) is 16.2 Å². The van der Waals surface area contributed by atoms with Crippen LogP contribution in [0.3, 0.4) is 0 Å². The topological polar surface area (TPSA) is 93.6 Å². The Balaban J connectivity index is 1.94. The van der Waals surface area contributed by atoms with E-state index in [1.165, 1.54) is 0 Å². The number of nitrogens with two attached hydrogens (primary N) is 2. The summed E-state index contributed by atoms with van der Waals surface area (Å²) in [5.41, 5.74) is 13.2. The highest BCUT2D eigenvalue weighted by Crippen LogP contribution is 2.25. The quantitative estimate of drug-likeness (QED) is 0.736. The standard InChI is InChI=1S/C17H28N4O2/c1-17(2,3)23-16(22)20-14-7-8-21(11-14)15(10-18)12-5-4-6-13(19)9-12/h4-6,9,14-15H,7-8,10-11,18-19H2,1-3H3,(H,20,22)/t14-,15+/m0/s1. The van der Waals surface area contributed by atoms with Gasteiger partial charge in [-0.25, -0.2) is 4.79 Å². The van der Waals surface area contributed by atoms with Gasteiger partial charge < -0.3 is 21.5 Å². The van der Waals surface area contributed by atoms with Crippen LogP contribution in [0.2, 0.25) is 0 Å². The van der Waals surface area contributed by atoms with E-state index in [2.05, 4.69) is 10.2 Å². The smallest absolute Gasteiger partial charge is 0.407 e. The Kier molecular flexibility index (Phi) is 5.49. The van der Waals surface area contributed by atoms with Crippen LogP contribution in [0.4, 0.5) is 10.5 Å².